The third kappa shape index (κ3) is 13.8. The molecule has 20 nitrogen and oxygen atoms in total. The number of nitrogens with zero attached hydrogens (tertiary/aromatic N) is 4. The summed E-state index contributed by atoms with van der Waals surface area (Å²) in [6.07, 6.45) is 14.9. The molecular formula is C46H59N4O16S2+. The van der Waals surface area contributed by atoms with Crippen molar-refractivity contribution in [1.29, 1.82) is 0 Å². The van der Waals surface area contributed by atoms with E-state index < -0.39 is 63.5 Å². The van der Waals surface area contributed by atoms with Gasteiger partial charge in [-0.15, -0.1) is 0 Å². The van der Waals surface area contributed by atoms with E-state index in [2.05, 4.69) is 4.90 Å². The lowest BCUT2D eigenvalue weighted by atomic mass is 9.79. The van der Waals surface area contributed by atoms with Crippen molar-refractivity contribution < 1.29 is 69.2 Å². The molecule has 0 amide bonds. The summed E-state index contributed by atoms with van der Waals surface area (Å²) in [5.74, 6) is -0.852. The number of ether oxygens (including phenoxy) is 4. The van der Waals surface area contributed by atoms with Crippen LogP contribution in [0.1, 0.15) is 70.9 Å². The average Bonchev–Trinajstić information content (AvgIpc) is 3.61. The number of aliphatic carboxylic acids is 1. The van der Waals surface area contributed by atoms with E-state index in [1.165, 1.54) is 30.3 Å². The van der Waals surface area contributed by atoms with Gasteiger partial charge in [0.25, 0.3) is 31.6 Å². The van der Waals surface area contributed by atoms with Gasteiger partial charge < -0.3 is 29.0 Å². The molecule has 1 unspecified atom stereocenters. The van der Waals surface area contributed by atoms with Crippen molar-refractivity contribution in [2.45, 2.75) is 82.0 Å². The second kappa shape index (κ2) is 23.2. The Bertz CT molecular complexity index is 2600. The van der Waals surface area contributed by atoms with Gasteiger partial charge >= 0.3 is 5.97 Å². The van der Waals surface area contributed by atoms with Gasteiger partial charge in [0.15, 0.2) is 12.3 Å². The molecule has 0 saturated heterocycles. The van der Waals surface area contributed by atoms with Crippen molar-refractivity contribution in [2.75, 3.05) is 59.3 Å². The quantitative estimate of drug-likeness (QED) is 0.0206. The Hall–Kier alpha value is -5.46. The van der Waals surface area contributed by atoms with Crippen LogP contribution in [0.25, 0.3) is 0 Å². The maximum Gasteiger partial charge on any atom is 0.303 e. The predicted octanol–water partition coefficient (Wildman–Crippen LogP) is 6.85. The van der Waals surface area contributed by atoms with Gasteiger partial charge in [0.1, 0.15) is 11.9 Å². The minimum atomic E-state index is -4.48. The third-order valence-electron chi connectivity index (χ3n) is 11.9. The molecule has 0 aromatic heterocycles. The Morgan fingerprint density at radius 2 is 1.44 bits per heavy atom. The van der Waals surface area contributed by atoms with Crippen LogP contribution in [0.4, 0.5) is 17.1 Å². The molecule has 2 aromatic rings. The fraction of sp³-hybridized carbons (Fsp3) is 0.478. The number of allylic oxidation sites excluding steroid dienone is 7. The smallest absolute Gasteiger partial charge is 0.303 e. The number of nitro benzene ring substituents is 2. The number of non-ortho nitro benzene ring substituents is 2. The highest BCUT2D eigenvalue weighted by Gasteiger charge is 2.46. The third-order valence-corrected chi connectivity index (χ3v) is 13.9. The van der Waals surface area contributed by atoms with Gasteiger partial charge in [-0.1, -0.05) is 44.6 Å². The van der Waals surface area contributed by atoms with Gasteiger partial charge in [0, 0.05) is 59.6 Å². The van der Waals surface area contributed by atoms with Crippen LogP contribution in [-0.2, 0) is 56.0 Å². The second-order valence-electron chi connectivity index (χ2n) is 17.3. The van der Waals surface area contributed by atoms with Crippen LogP contribution < -0.4 is 0 Å². The molecule has 22 heteroatoms. The van der Waals surface area contributed by atoms with Crippen molar-refractivity contribution in [2.24, 2.45) is 5.41 Å². The number of benzene rings is 2. The molecule has 370 valence electrons. The molecule has 2 aromatic carbocycles. The number of hydrogen-bond donors (Lipinski definition) is 3. The monoisotopic (exact) mass is 987 g/mol. The lowest BCUT2D eigenvalue weighted by Crippen LogP contribution is -2.29. The maximum absolute atomic E-state index is 12.1. The van der Waals surface area contributed by atoms with E-state index in [1.54, 1.807) is 12.1 Å². The lowest BCUT2D eigenvalue weighted by molar-refractivity contribution is -0.442. The molecule has 0 fully saturated rings. The van der Waals surface area contributed by atoms with Crippen LogP contribution in [0.3, 0.4) is 0 Å². The van der Waals surface area contributed by atoms with E-state index in [0.717, 1.165) is 34.4 Å². The number of fused-ring (bicyclic) bond motifs is 1. The molecule has 1 atom stereocenters. The first-order valence-electron chi connectivity index (χ1n) is 22.0. The summed E-state index contributed by atoms with van der Waals surface area (Å²) in [6, 6.07) is 7.80. The van der Waals surface area contributed by atoms with E-state index >= 15 is 0 Å². The Kier molecular flexibility index (Phi) is 18.3. The van der Waals surface area contributed by atoms with Gasteiger partial charge in [0.05, 0.1) is 72.5 Å². The van der Waals surface area contributed by atoms with Crippen LogP contribution in [-0.4, -0.2) is 127 Å². The highest BCUT2D eigenvalue weighted by molar-refractivity contribution is 7.86. The summed E-state index contributed by atoms with van der Waals surface area (Å²) in [5.41, 5.74) is 3.16. The van der Waals surface area contributed by atoms with Crippen molar-refractivity contribution in [3.05, 3.63) is 127 Å². The summed E-state index contributed by atoms with van der Waals surface area (Å²) >= 11 is 0. The van der Waals surface area contributed by atoms with Crippen molar-refractivity contribution in [3.8, 4) is 0 Å². The lowest BCUT2D eigenvalue weighted by Gasteiger charge is -2.29. The van der Waals surface area contributed by atoms with Gasteiger partial charge in [-0.05, 0) is 68.5 Å². The van der Waals surface area contributed by atoms with Gasteiger partial charge in [-0.2, -0.15) is 21.4 Å². The van der Waals surface area contributed by atoms with E-state index in [0.29, 0.717) is 43.5 Å². The second-order valence-corrected chi connectivity index (χ2v) is 20.4. The first kappa shape index (κ1) is 53.5. The van der Waals surface area contributed by atoms with Gasteiger partial charge in [-0.25, -0.2) is 0 Å². The number of carbonyl (C=O) groups is 1. The van der Waals surface area contributed by atoms with Crippen LogP contribution in [0.5, 0.6) is 0 Å². The van der Waals surface area contributed by atoms with Gasteiger partial charge in [0.2, 0.25) is 5.69 Å². The number of nitro groups is 2. The Balaban J connectivity index is 1.18. The molecular weight excluding hydrogens is 929 g/mol. The van der Waals surface area contributed by atoms with Crippen molar-refractivity contribution in [1.82, 2.24) is 4.90 Å². The summed E-state index contributed by atoms with van der Waals surface area (Å²) in [7, 11) is -8.79. The van der Waals surface area contributed by atoms with Crippen LogP contribution in [0.15, 0.2) is 101 Å². The molecule has 68 heavy (non-hydrogen) atoms. The van der Waals surface area contributed by atoms with Crippen LogP contribution >= 0.6 is 0 Å². The largest absolute Gasteiger partial charge is 0.481 e. The fourth-order valence-corrected chi connectivity index (χ4v) is 9.62. The molecule has 1 aliphatic carbocycles. The van der Waals surface area contributed by atoms with E-state index in [4.69, 9.17) is 24.1 Å². The molecule has 0 spiro atoms. The average molecular weight is 988 g/mol. The molecule has 3 N–H and O–H groups in total. The summed E-state index contributed by atoms with van der Waals surface area (Å²) < 4.78 is 92.8. The highest BCUT2D eigenvalue weighted by atomic mass is 32.2. The normalized spacial score (nSPS) is 18.4. The molecule has 0 saturated carbocycles. The predicted molar refractivity (Wildman–Crippen MR) is 250 cm³/mol. The zero-order valence-electron chi connectivity index (χ0n) is 38.4. The summed E-state index contributed by atoms with van der Waals surface area (Å²) in [4.78, 5) is 33.8. The van der Waals surface area contributed by atoms with Crippen molar-refractivity contribution in [3.63, 3.8) is 0 Å². The molecule has 0 bridgehead atoms. The number of rotatable bonds is 27. The topological polar surface area (TPSA) is 275 Å². The minimum Gasteiger partial charge on any atom is -0.481 e. The first-order valence-corrected chi connectivity index (χ1v) is 24.9. The van der Waals surface area contributed by atoms with Crippen LogP contribution in [0.2, 0.25) is 0 Å². The molecule has 3 aliphatic rings. The summed E-state index contributed by atoms with van der Waals surface area (Å²) in [6.45, 7) is 10.5. The number of hydrogen-bond acceptors (Lipinski definition) is 14. The Labute approximate surface area is 395 Å². The zero-order chi connectivity index (χ0) is 49.9. The maximum atomic E-state index is 12.1. The SMILES string of the molecule is CC1(C)C2=C(C=CC(S(=O)(=O)O)C2)N(CCCCCC(=O)O)/C1=C/C=C/C=C/C1=[N+](CCOCCOCCOCCOCc2cc([N+](=O)[O-])cc([N+](=O)[O-])c2)c2ccc(S(=O)(=O)O)cc2C1(C)C. The standard InChI is InChI=1S/C46H58N4O16S2/c1-45(2)38-30-36(67(57,58)59)14-16-40(38)47(18-10-6-9-13-44(51)52)42(45)11-7-5-8-12-43-46(3,4)39-31-37(68(60,61)62)15-17-41(39)48(43)19-20-63-21-22-64-23-24-65-25-26-66-32-33-27-34(49(53)54)29-35(28-33)50(55)56/h5,7-8,11-12,14-17,27-29,31,36H,6,9-10,13,18-26,30,32H2,1-4H3,(H2-,51,52,57,58,59,60,61,62)/p+1. The van der Waals surface area contributed by atoms with Crippen LogP contribution in [0, 0.1) is 25.6 Å². The fourth-order valence-electron chi connectivity index (χ4n) is 8.46. The summed E-state index contributed by atoms with van der Waals surface area (Å²) in [5, 5.41) is 30.2. The van der Waals surface area contributed by atoms with Gasteiger partial charge in [-0.3, -0.25) is 34.1 Å². The van der Waals surface area contributed by atoms with Crippen molar-refractivity contribution >= 4 is 49.0 Å². The van der Waals surface area contributed by atoms with E-state index in [-0.39, 0.29) is 70.6 Å². The molecule has 0 radical (unpaired) electrons. The number of carboxylic acid groups (broad SMARTS) is 1. The minimum absolute atomic E-state index is 0.0679. The first-order chi connectivity index (χ1) is 32.0. The number of carboxylic acids is 1. The molecule has 2 heterocycles. The Morgan fingerprint density at radius 3 is 2.03 bits per heavy atom. The zero-order valence-corrected chi connectivity index (χ0v) is 40.1. The number of unbranched alkanes of at least 4 members (excludes halogenated alkanes) is 2. The Morgan fingerprint density at radius 1 is 0.824 bits per heavy atom. The van der Waals surface area contributed by atoms with E-state index in [1.807, 2.05) is 62.7 Å². The highest BCUT2D eigenvalue weighted by Crippen LogP contribution is 2.51. The van der Waals surface area contributed by atoms with E-state index in [9.17, 15) is 51.0 Å². The molecule has 2 aliphatic heterocycles. The molecule has 5 rings (SSSR count).